The van der Waals surface area contributed by atoms with Crippen LogP contribution in [0.15, 0.2) is 24.3 Å². The molecule has 1 aliphatic carbocycles. The predicted molar refractivity (Wildman–Crippen MR) is 83.7 cm³/mol. The highest BCUT2D eigenvalue weighted by Gasteiger charge is 2.27. The van der Waals surface area contributed by atoms with E-state index in [1.807, 2.05) is 11.8 Å². The first-order chi connectivity index (χ1) is 9.25. The zero-order chi connectivity index (χ0) is 13.2. The van der Waals surface area contributed by atoms with Crippen LogP contribution in [0.3, 0.4) is 0 Å². The molecule has 3 heteroatoms. The van der Waals surface area contributed by atoms with E-state index in [2.05, 4.69) is 36.2 Å². The lowest BCUT2D eigenvalue weighted by atomic mass is 9.79. The molecule has 1 aromatic rings. The van der Waals surface area contributed by atoms with Crippen LogP contribution < -0.4 is 5.73 Å². The first kappa shape index (κ1) is 13.5. The molecule has 2 aliphatic rings. The van der Waals surface area contributed by atoms with Gasteiger partial charge in [0.2, 0.25) is 0 Å². The zero-order valence-corrected chi connectivity index (χ0v) is 12.5. The van der Waals surface area contributed by atoms with Gasteiger partial charge in [-0.3, -0.25) is 4.90 Å². The molecule has 0 aromatic heterocycles. The molecule has 1 aromatic carbocycles. The van der Waals surface area contributed by atoms with Crippen LogP contribution in [-0.4, -0.2) is 36.0 Å². The molecule has 0 radical (unpaired) electrons. The van der Waals surface area contributed by atoms with Gasteiger partial charge in [0.15, 0.2) is 0 Å². The Hall–Kier alpha value is -0.510. The van der Waals surface area contributed by atoms with E-state index in [-0.39, 0.29) is 6.04 Å². The van der Waals surface area contributed by atoms with Crippen molar-refractivity contribution < 1.29 is 0 Å². The van der Waals surface area contributed by atoms with Gasteiger partial charge in [-0.2, -0.15) is 11.8 Å². The van der Waals surface area contributed by atoms with Crippen molar-refractivity contribution >= 4 is 11.8 Å². The van der Waals surface area contributed by atoms with Gasteiger partial charge in [-0.25, -0.2) is 0 Å². The molecule has 0 amide bonds. The van der Waals surface area contributed by atoms with Crippen molar-refractivity contribution in [3.05, 3.63) is 35.4 Å². The summed E-state index contributed by atoms with van der Waals surface area (Å²) in [7, 11) is 2.20. The second kappa shape index (κ2) is 5.86. The number of nitrogens with zero attached hydrogens (tertiary/aromatic N) is 1. The molecule has 2 N–H and O–H groups in total. The molecule has 3 rings (SSSR count). The Kier molecular flexibility index (Phi) is 4.15. The van der Waals surface area contributed by atoms with Gasteiger partial charge in [-0.05, 0) is 36.9 Å². The third-order valence-corrected chi connectivity index (χ3v) is 5.80. The Labute approximate surface area is 120 Å². The van der Waals surface area contributed by atoms with Gasteiger partial charge < -0.3 is 5.73 Å². The van der Waals surface area contributed by atoms with Gasteiger partial charge in [0, 0.05) is 30.1 Å². The minimum Gasteiger partial charge on any atom is -0.323 e. The third kappa shape index (κ3) is 2.83. The molecule has 1 aliphatic heterocycles. The van der Waals surface area contributed by atoms with Crippen LogP contribution in [0.5, 0.6) is 0 Å². The molecule has 19 heavy (non-hydrogen) atoms. The lowest BCUT2D eigenvalue weighted by molar-refractivity contribution is 0.237. The summed E-state index contributed by atoms with van der Waals surface area (Å²) in [6.45, 7) is 1.16. The molecule has 1 saturated heterocycles. The van der Waals surface area contributed by atoms with E-state index in [0.29, 0.717) is 6.04 Å². The number of hydrogen-bond acceptors (Lipinski definition) is 3. The first-order valence-corrected chi connectivity index (χ1v) is 8.54. The number of hydrogen-bond donors (Lipinski definition) is 1. The summed E-state index contributed by atoms with van der Waals surface area (Å²) in [6, 6.07) is 9.74. The minimum atomic E-state index is 0.147. The van der Waals surface area contributed by atoms with Crippen molar-refractivity contribution in [2.75, 3.05) is 25.1 Å². The molecule has 2 atom stereocenters. The van der Waals surface area contributed by atoms with Gasteiger partial charge in [0.1, 0.15) is 0 Å². The molecular weight excluding hydrogens is 252 g/mol. The maximum atomic E-state index is 6.48. The minimum absolute atomic E-state index is 0.147. The highest BCUT2D eigenvalue weighted by Crippen LogP contribution is 2.36. The highest BCUT2D eigenvalue weighted by molar-refractivity contribution is 7.99. The number of likely N-dealkylation sites (N-methyl/N-ethyl adjacent to an activating group) is 1. The largest absolute Gasteiger partial charge is 0.323 e. The van der Waals surface area contributed by atoms with Gasteiger partial charge in [0.05, 0.1) is 0 Å². The molecule has 2 fully saturated rings. The summed E-state index contributed by atoms with van der Waals surface area (Å²) in [4.78, 5) is 2.42. The number of nitrogens with two attached hydrogens (primary N) is 1. The molecule has 1 heterocycles. The van der Waals surface area contributed by atoms with Gasteiger partial charge in [-0.15, -0.1) is 0 Å². The Morgan fingerprint density at radius 2 is 2.00 bits per heavy atom. The standard InChI is InChI=1S/C16H24N2S/c1-18-9-10-19-11-15(18)16(17)14-7-5-13(6-8-14)12-3-2-4-12/h5-8,12,15-16H,2-4,9-11,17H2,1H3. The summed E-state index contributed by atoms with van der Waals surface area (Å²) >= 11 is 2.03. The zero-order valence-electron chi connectivity index (χ0n) is 11.7. The average molecular weight is 276 g/mol. The SMILES string of the molecule is CN1CCSCC1C(N)c1ccc(C2CCC2)cc1. The number of benzene rings is 1. The van der Waals surface area contributed by atoms with Crippen molar-refractivity contribution in [3.8, 4) is 0 Å². The Balaban J connectivity index is 1.70. The van der Waals surface area contributed by atoms with Crippen molar-refractivity contribution in [2.24, 2.45) is 5.73 Å². The Morgan fingerprint density at radius 3 is 2.58 bits per heavy atom. The first-order valence-electron chi connectivity index (χ1n) is 7.39. The third-order valence-electron chi connectivity index (χ3n) is 4.76. The van der Waals surface area contributed by atoms with Gasteiger partial charge in [0.25, 0.3) is 0 Å². The summed E-state index contributed by atoms with van der Waals surface area (Å²) < 4.78 is 0. The Bertz CT molecular complexity index is 413. The lowest BCUT2D eigenvalue weighted by Crippen LogP contribution is -2.46. The predicted octanol–water partition coefficient (Wildman–Crippen LogP) is 3.00. The monoisotopic (exact) mass is 276 g/mol. The van der Waals surface area contributed by atoms with Crippen LogP contribution in [0.2, 0.25) is 0 Å². The van der Waals surface area contributed by atoms with Crippen molar-refractivity contribution in [2.45, 2.75) is 37.3 Å². The maximum Gasteiger partial charge on any atom is 0.0461 e. The van der Waals surface area contributed by atoms with Crippen LogP contribution >= 0.6 is 11.8 Å². The summed E-state index contributed by atoms with van der Waals surface area (Å²) in [5.74, 6) is 3.21. The fourth-order valence-corrected chi connectivity index (χ4v) is 4.32. The van der Waals surface area contributed by atoms with Crippen molar-refractivity contribution in [3.63, 3.8) is 0 Å². The van der Waals surface area contributed by atoms with Crippen LogP contribution in [-0.2, 0) is 0 Å². The van der Waals surface area contributed by atoms with Gasteiger partial charge in [-0.1, -0.05) is 30.7 Å². The van der Waals surface area contributed by atoms with Crippen molar-refractivity contribution in [1.82, 2.24) is 4.90 Å². The van der Waals surface area contributed by atoms with Crippen LogP contribution in [0.4, 0.5) is 0 Å². The van der Waals surface area contributed by atoms with Crippen LogP contribution in [0, 0.1) is 0 Å². The van der Waals surface area contributed by atoms with E-state index in [0.717, 1.165) is 18.2 Å². The van der Waals surface area contributed by atoms with Crippen LogP contribution in [0.25, 0.3) is 0 Å². The Morgan fingerprint density at radius 1 is 1.26 bits per heavy atom. The maximum absolute atomic E-state index is 6.48. The highest BCUT2D eigenvalue weighted by atomic mass is 32.2. The lowest BCUT2D eigenvalue weighted by Gasteiger charge is -2.36. The summed E-state index contributed by atoms with van der Waals surface area (Å²) in [5.41, 5.74) is 9.28. The van der Waals surface area contributed by atoms with E-state index in [9.17, 15) is 0 Å². The second-order valence-electron chi connectivity index (χ2n) is 5.94. The molecule has 104 valence electrons. The molecule has 2 nitrogen and oxygen atoms in total. The smallest absolute Gasteiger partial charge is 0.0461 e. The molecular formula is C16H24N2S. The van der Waals surface area contributed by atoms with E-state index in [1.165, 1.54) is 36.1 Å². The van der Waals surface area contributed by atoms with E-state index >= 15 is 0 Å². The normalized spacial score (nSPS) is 26.9. The number of thioether (sulfide) groups is 1. The molecule has 1 saturated carbocycles. The second-order valence-corrected chi connectivity index (χ2v) is 7.09. The fraction of sp³-hybridized carbons (Fsp3) is 0.625. The molecule has 2 unspecified atom stereocenters. The molecule has 0 spiro atoms. The van der Waals surface area contributed by atoms with E-state index < -0.39 is 0 Å². The average Bonchev–Trinajstić information content (AvgIpc) is 2.37. The number of rotatable bonds is 3. The fourth-order valence-electron chi connectivity index (χ4n) is 3.04. The van der Waals surface area contributed by atoms with Crippen LogP contribution in [0.1, 0.15) is 42.3 Å². The van der Waals surface area contributed by atoms with Gasteiger partial charge >= 0.3 is 0 Å². The van der Waals surface area contributed by atoms with E-state index in [1.54, 1.807) is 0 Å². The molecule has 0 bridgehead atoms. The summed E-state index contributed by atoms with van der Waals surface area (Å²) in [6.07, 6.45) is 4.14. The van der Waals surface area contributed by atoms with Crippen molar-refractivity contribution in [1.29, 1.82) is 0 Å². The quantitative estimate of drug-likeness (QED) is 0.920. The van der Waals surface area contributed by atoms with E-state index in [4.69, 9.17) is 5.73 Å². The summed E-state index contributed by atoms with van der Waals surface area (Å²) in [5, 5.41) is 0. The topological polar surface area (TPSA) is 29.3 Å².